The van der Waals surface area contributed by atoms with Gasteiger partial charge in [-0.05, 0) is 38.2 Å². The number of rotatable bonds is 7. The fourth-order valence-electron chi connectivity index (χ4n) is 4.19. The second-order valence-corrected chi connectivity index (χ2v) is 7.54. The molecule has 0 aromatic carbocycles. The van der Waals surface area contributed by atoms with Crippen LogP contribution in [0.2, 0.25) is 0 Å². The van der Waals surface area contributed by atoms with Gasteiger partial charge in [0.2, 0.25) is 5.91 Å². The molecule has 1 aromatic heterocycles. The number of hydrogen-bond donors (Lipinski definition) is 0. The Morgan fingerprint density at radius 3 is 2.33 bits per heavy atom. The molecule has 1 saturated carbocycles. The highest BCUT2D eigenvalue weighted by Crippen LogP contribution is 2.26. The Hall–Kier alpha value is -2.11. The van der Waals surface area contributed by atoms with E-state index in [4.69, 9.17) is 4.74 Å². The van der Waals surface area contributed by atoms with Crippen LogP contribution in [-0.2, 0) is 16.6 Å². The summed E-state index contributed by atoms with van der Waals surface area (Å²) in [4.78, 5) is 39.3. The third kappa shape index (κ3) is 4.60. The lowest BCUT2D eigenvalue weighted by molar-refractivity contribution is -0.131. The molecule has 0 N–H and O–H groups in total. The quantitative estimate of drug-likeness (QED) is 0.540. The summed E-state index contributed by atoms with van der Waals surface area (Å²) in [5, 5.41) is 0. The molecule has 0 radical (unpaired) electrons. The van der Waals surface area contributed by atoms with Gasteiger partial charge < -0.3 is 14.2 Å². The maximum Gasteiger partial charge on any atom is 0.354 e. The third-order valence-corrected chi connectivity index (χ3v) is 5.78. The summed E-state index contributed by atoms with van der Waals surface area (Å²) in [5.41, 5.74) is 2.25. The van der Waals surface area contributed by atoms with Crippen molar-refractivity contribution in [2.24, 2.45) is 13.0 Å². The van der Waals surface area contributed by atoms with Gasteiger partial charge in [-0.1, -0.05) is 26.2 Å². The lowest BCUT2D eigenvalue weighted by Crippen LogP contribution is -2.39. The largest absolute Gasteiger partial charge is 0.464 e. The van der Waals surface area contributed by atoms with Crippen molar-refractivity contribution in [1.82, 2.24) is 9.47 Å². The van der Waals surface area contributed by atoms with Crippen molar-refractivity contribution in [3.8, 4) is 0 Å². The predicted molar refractivity (Wildman–Crippen MR) is 104 cm³/mol. The standard InChI is InChI=1S/C21H32N2O4/c1-6-18(25)23(12-16-10-8-7-9-11-16)13-17(24)19-14(2)20(21(26)27-5)22(4)15(19)3/h16H,6-13H2,1-5H3. The van der Waals surface area contributed by atoms with E-state index in [1.54, 1.807) is 23.4 Å². The lowest BCUT2D eigenvalue weighted by atomic mass is 9.88. The molecule has 6 heteroatoms. The minimum absolute atomic E-state index is 0.00773. The Morgan fingerprint density at radius 2 is 1.78 bits per heavy atom. The highest BCUT2D eigenvalue weighted by molar-refractivity contribution is 6.04. The summed E-state index contributed by atoms with van der Waals surface area (Å²) < 4.78 is 6.54. The molecule has 1 aliphatic rings. The molecule has 1 heterocycles. The Balaban J connectivity index is 2.24. The van der Waals surface area contributed by atoms with Crippen LogP contribution in [0.25, 0.3) is 0 Å². The van der Waals surface area contributed by atoms with E-state index >= 15 is 0 Å². The Kier molecular flexibility index (Phi) is 7.22. The van der Waals surface area contributed by atoms with Crippen LogP contribution in [0.3, 0.4) is 0 Å². The van der Waals surface area contributed by atoms with Gasteiger partial charge in [0.15, 0.2) is 5.78 Å². The molecular formula is C21H32N2O4. The van der Waals surface area contributed by atoms with Crippen molar-refractivity contribution >= 4 is 17.7 Å². The lowest BCUT2D eigenvalue weighted by Gasteiger charge is -2.29. The minimum atomic E-state index is -0.458. The van der Waals surface area contributed by atoms with Gasteiger partial charge >= 0.3 is 5.97 Å². The van der Waals surface area contributed by atoms with Crippen LogP contribution < -0.4 is 0 Å². The number of nitrogens with zero attached hydrogens (tertiary/aromatic N) is 2. The predicted octanol–water partition coefficient (Wildman–Crippen LogP) is 3.43. The summed E-state index contributed by atoms with van der Waals surface area (Å²) in [6, 6.07) is 0. The number of aromatic nitrogens is 1. The number of ether oxygens (including phenoxy) is 1. The van der Waals surface area contributed by atoms with E-state index in [2.05, 4.69) is 0 Å². The maximum absolute atomic E-state index is 13.1. The van der Waals surface area contributed by atoms with E-state index in [0.717, 1.165) is 18.5 Å². The number of amides is 1. The second kappa shape index (κ2) is 9.20. The average Bonchev–Trinajstić information content (AvgIpc) is 2.89. The van der Waals surface area contributed by atoms with Gasteiger partial charge in [0.25, 0.3) is 0 Å². The van der Waals surface area contributed by atoms with E-state index in [1.165, 1.54) is 26.4 Å². The number of hydrogen-bond acceptors (Lipinski definition) is 4. The van der Waals surface area contributed by atoms with Crippen LogP contribution in [0.5, 0.6) is 0 Å². The van der Waals surface area contributed by atoms with Crippen molar-refractivity contribution in [3.05, 3.63) is 22.5 Å². The minimum Gasteiger partial charge on any atom is -0.464 e. The average molecular weight is 376 g/mol. The van der Waals surface area contributed by atoms with Crippen molar-refractivity contribution in [3.63, 3.8) is 0 Å². The number of ketones is 1. The van der Waals surface area contributed by atoms with Crippen molar-refractivity contribution in [2.45, 2.75) is 59.3 Å². The zero-order chi connectivity index (χ0) is 20.1. The summed E-state index contributed by atoms with van der Waals surface area (Å²) in [6.07, 6.45) is 6.30. The Morgan fingerprint density at radius 1 is 1.15 bits per heavy atom. The fraction of sp³-hybridized carbons (Fsp3) is 0.667. The number of carbonyl (C=O) groups excluding carboxylic acids is 3. The molecule has 27 heavy (non-hydrogen) atoms. The monoisotopic (exact) mass is 376 g/mol. The molecule has 1 fully saturated rings. The van der Waals surface area contributed by atoms with Gasteiger partial charge in [-0.15, -0.1) is 0 Å². The molecule has 0 spiro atoms. The number of esters is 1. The van der Waals surface area contributed by atoms with Gasteiger partial charge in [-0.2, -0.15) is 0 Å². The third-order valence-electron chi connectivity index (χ3n) is 5.78. The zero-order valence-corrected chi connectivity index (χ0v) is 17.3. The highest BCUT2D eigenvalue weighted by Gasteiger charge is 2.28. The maximum atomic E-state index is 13.1. The molecule has 150 valence electrons. The van der Waals surface area contributed by atoms with E-state index < -0.39 is 5.97 Å². The van der Waals surface area contributed by atoms with Crippen LogP contribution in [0, 0.1) is 19.8 Å². The van der Waals surface area contributed by atoms with Crippen LogP contribution in [0.1, 0.15) is 77.6 Å². The number of carbonyl (C=O) groups is 3. The summed E-state index contributed by atoms with van der Waals surface area (Å²) in [5.74, 6) is -0.0896. The van der Waals surface area contributed by atoms with Crippen LogP contribution >= 0.6 is 0 Å². The Bertz CT molecular complexity index is 714. The number of methoxy groups -OCH3 is 1. The molecule has 0 unspecified atom stereocenters. The molecule has 2 rings (SSSR count). The number of Topliss-reactive ketones (excluding diaryl/α,β-unsaturated/α-hetero) is 1. The zero-order valence-electron chi connectivity index (χ0n) is 17.3. The highest BCUT2D eigenvalue weighted by atomic mass is 16.5. The molecule has 1 aliphatic carbocycles. The van der Waals surface area contributed by atoms with Gasteiger partial charge in [0, 0.05) is 31.3 Å². The van der Waals surface area contributed by atoms with Gasteiger partial charge in [-0.3, -0.25) is 9.59 Å². The van der Waals surface area contributed by atoms with Crippen LogP contribution in [-0.4, -0.2) is 47.3 Å². The normalized spacial score (nSPS) is 14.9. The van der Waals surface area contributed by atoms with E-state index in [9.17, 15) is 14.4 Å². The van der Waals surface area contributed by atoms with Gasteiger partial charge in [0.05, 0.1) is 13.7 Å². The first-order chi connectivity index (χ1) is 12.8. The van der Waals surface area contributed by atoms with E-state index in [-0.39, 0.29) is 18.2 Å². The topological polar surface area (TPSA) is 68.6 Å². The second-order valence-electron chi connectivity index (χ2n) is 7.54. The molecule has 1 aromatic rings. The van der Waals surface area contributed by atoms with Crippen LogP contribution in [0.4, 0.5) is 0 Å². The summed E-state index contributed by atoms with van der Waals surface area (Å²) >= 11 is 0. The van der Waals surface area contributed by atoms with Gasteiger partial charge in [-0.25, -0.2) is 4.79 Å². The first kappa shape index (κ1) is 21.2. The fourth-order valence-corrected chi connectivity index (χ4v) is 4.19. The first-order valence-electron chi connectivity index (χ1n) is 9.86. The molecule has 0 aliphatic heterocycles. The first-order valence-corrected chi connectivity index (χ1v) is 9.86. The van der Waals surface area contributed by atoms with E-state index in [0.29, 0.717) is 35.7 Å². The SMILES string of the molecule is CCC(=O)N(CC(=O)c1c(C)c(C(=O)OC)n(C)c1C)CC1CCCCC1. The Labute approximate surface area is 161 Å². The smallest absolute Gasteiger partial charge is 0.354 e. The molecule has 1 amide bonds. The molecule has 0 bridgehead atoms. The van der Waals surface area contributed by atoms with E-state index in [1.807, 2.05) is 13.8 Å². The summed E-state index contributed by atoms with van der Waals surface area (Å²) in [7, 11) is 3.08. The van der Waals surface area contributed by atoms with Gasteiger partial charge in [0.1, 0.15) is 5.69 Å². The van der Waals surface area contributed by atoms with Crippen molar-refractivity contribution in [2.75, 3.05) is 20.2 Å². The molecule has 6 nitrogen and oxygen atoms in total. The van der Waals surface area contributed by atoms with Crippen LogP contribution in [0.15, 0.2) is 0 Å². The summed E-state index contributed by atoms with van der Waals surface area (Å²) in [6.45, 7) is 6.12. The molecule has 0 saturated heterocycles. The van der Waals surface area contributed by atoms with Crippen molar-refractivity contribution in [1.29, 1.82) is 0 Å². The molecule has 0 atom stereocenters. The van der Waals surface area contributed by atoms with Crippen molar-refractivity contribution < 1.29 is 19.1 Å². The molecular weight excluding hydrogens is 344 g/mol.